The van der Waals surface area contributed by atoms with E-state index in [9.17, 15) is 9.90 Å². The zero-order valence-corrected chi connectivity index (χ0v) is 8.45. The quantitative estimate of drug-likeness (QED) is 0.811. The van der Waals surface area contributed by atoms with Gasteiger partial charge in [0, 0.05) is 6.07 Å². The highest BCUT2D eigenvalue weighted by molar-refractivity contribution is 7.18. The van der Waals surface area contributed by atoms with Crippen molar-refractivity contribution in [2.24, 2.45) is 5.73 Å². The molecule has 15 heavy (non-hydrogen) atoms. The van der Waals surface area contributed by atoms with Crippen LogP contribution in [0.3, 0.4) is 0 Å². The lowest BCUT2D eigenvalue weighted by atomic mass is 10.3. The van der Waals surface area contributed by atoms with E-state index in [1.165, 1.54) is 11.3 Å². The van der Waals surface area contributed by atoms with Crippen LogP contribution >= 0.6 is 11.3 Å². The van der Waals surface area contributed by atoms with Gasteiger partial charge in [0.2, 0.25) is 0 Å². The number of phenols is 1. The van der Waals surface area contributed by atoms with Crippen LogP contribution in [0.1, 0.15) is 5.01 Å². The standard InChI is InChI=1S/C9H8N2O3S/c10-9(13)14-4-8-11-6-3-5(12)1-2-7(6)15-8/h1-3,12H,4H2,(H2,10,13). The number of phenolic OH excluding ortho intramolecular Hbond substituents is 1. The lowest BCUT2D eigenvalue weighted by molar-refractivity contribution is 0.150. The van der Waals surface area contributed by atoms with E-state index in [1.54, 1.807) is 18.2 Å². The number of fused-ring (bicyclic) bond motifs is 1. The van der Waals surface area contributed by atoms with Crippen molar-refractivity contribution in [2.45, 2.75) is 6.61 Å². The van der Waals surface area contributed by atoms with Gasteiger partial charge in [-0.25, -0.2) is 9.78 Å². The van der Waals surface area contributed by atoms with Gasteiger partial charge in [0.1, 0.15) is 17.4 Å². The van der Waals surface area contributed by atoms with Crippen LogP contribution in [-0.2, 0) is 11.3 Å². The Labute approximate surface area is 89.1 Å². The Morgan fingerprint density at radius 2 is 2.40 bits per heavy atom. The van der Waals surface area contributed by atoms with Gasteiger partial charge in [0.25, 0.3) is 0 Å². The van der Waals surface area contributed by atoms with Crippen molar-refractivity contribution in [2.75, 3.05) is 0 Å². The van der Waals surface area contributed by atoms with Crippen LogP contribution < -0.4 is 5.73 Å². The molecule has 0 bridgehead atoms. The van der Waals surface area contributed by atoms with Crippen molar-refractivity contribution in [3.63, 3.8) is 0 Å². The van der Waals surface area contributed by atoms with Gasteiger partial charge >= 0.3 is 6.09 Å². The number of amides is 1. The number of carbonyl (C=O) groups excluding carboxylic acids is 1. The number of thiazole rings is 1. The molecule has 0 fully saturated rings. The number of carbonyl (C=O) groups is 1. The Balaban J connectivity index is 2.27. The molecular formula is C9H8N2O3S. The lowest BCUT2D eigenvalue weighted by Gasteiger charge is -1.94. The van der Waals surface area contributed by atoms with Gasteiger partial charge in [-0.2, -0.15) is 0 Å². The number of ether oxygens (including phenoxy) is 1. The minimum absolute atomic E-state index is 0.0649. The summed E-state index contributed by atoms with van der Waals surface area (Å²) in [5.41, 5.74) is 5.52. The molecule has 0 aliphatic rings. The Morgan fingerprint density at radius 3 is 3.13 bits per heavy atom. The molecule has 0 saturated heterocycles. The van der Waals surface area contributed by atoms with Crippen LogP contribution in [0.15, 0.2) is 18.2 Å². The van der Waals surface area contributed by atoms with Crippen LogP contribution in [0.4, 0.5) is 4.79 Å². The normalized spacial score (nSPS) is 10.4. The highest BCUT2D eigenvalue weighted by Crippen LogP contribution is 2.25. The van der Waals surface area contributed by atoms with Crippen LogP contribution in [0.2, 0.25) is 0 Å². The first-order valence-electron chi connectivity index (χ1n) is 4.16. The molecule has 78 valence electrons. The van der Waals surface area contributed by atoms with E-state index in [-0.39, 0.29) is 12.4 Å². The number of nitrogens with two attached hydrogens (primary N) is 1. The number of aromatic hydroxyl groups is 1. The van der Waals surface area contributed by atoms with Crippen LogP contribution in [-0.4, -0.2) is 16.2 Å². The van der Waals surface area contributed by atoms with E-state index in [1.807, 2.05) is 0 Å². The summed E-state index contributed by atoms with van der Waals surface area (Å²) >= 11 is 1.39. The Kier molecular flexibility index (Phi) is 2.42. The summed E-state index contributed by atoms with van der Waals surface area (Å²) < 4.78 is 5.54. The number of nitrogens with zero attached hydrogens (tertiary/aromatic N) is 1. The maximum absolute atomic E-state index is 10.4. The molecule has 2 aromatic rings. The van der Waals surface area contributed by atoms with E-state index < -0.39 is 6.09 Å². The predicted octanol–water partition coefficient (Wildman–Crippen LogP) is 1.60. The van der Waals surface area contributed by atoms with Gasteiger partial charge in [0.05, 0.1) is 10.2 Å². The molecule has 1 heterocycles. The van der Waals surface area contributed by atoms with Crippen molar-refractivity contribution in [1.29, 1.82) is 0 Å². The number of benzene rings is 1. The van der Waals surface area contributed by atoms with Gasteiger partial charge in [0.15, 0.2) is 0 Å². The maximum atomic E-state index is 10.4. The summed E-state index contributed by atoms with van der Waals surface area (Å²) in [4.78, 5) is 14.6. The highest BCUT2D eigenvalue weighted by Gasteiger charge is 2.05. The third kappa shape index (κ3) is 2.16. The summed E-state index contributed by atoms with van der Waals surface area (Å²) in [6, 6.07) is 4.90. The topological polar surface area (TPSA) is 85.4 Å². The van der Waals surface area contributed by atoms with E-state index >= 15 is 0 Å². The number of rotatable bonds is 2. The van der Waals surface area contributed by atoms with E-state index in [0.29, 0.717) is 10.5 Å². The maximum Gasteiger partial charge on any atom is 0.404 e. The van der Waals surface area contributed by atoms with Crippen LogP contribution in [0.5, 0.6) is 5.75 Å². The van der Waals surface area contributed by atoms with Crippen molar-refractivity contribution in [3.8, 4) is 5.75 Å². The molecule has 0 unspecified atom stereocenters. The first-order valence-corrected chi connectivity index (χ1v) is 4.97. The summed E-state index contributed by atoms with van der Waals surface area (Å²) in [6.45, 7) is 0.0649. The second kappa shape index (κ2) is 3.74. The van der Waals surface area contributed by atoms with Gasteiger partial charge in [-0.1, -0.05) is 0 Å². The van der Waals surface area contributed by atoms with E-state index in [2.05, 4.69) is 9.72 Å². The zero-order valence-electron chi connectivity index (χ0n) is 7.64. The average Bonchev–Trinajstić information content (AvgIpc) is 2.56. The van der Waals surface area contributed by atoms with E-state index in [0.717, 1.165) is 4.70 Å². The van der Waals surface area contributed by atoms with Crippen molar-refractivity contribution in [1.82, 2.24) is 4.98 Å². The Morgan fingerprint density at radius 1 is 1.60 bits per heavy atom. The first kappa shape index (κ1) is 9.72. The first-order chi connectivity index (χ1) is 7.15. The smallest absolute Gasteiger partial charge is 0.404 e. The Hall–Kier alpha value is -1.82. The molecule has 0 spiro atoms. The minimum Gasteiger partial charge on any atom is -0.508 e. The molecule has 5 nitrogen and oxygen atoms in total. The molecule has 0 atom stereocenters. The van der Waals surface area contributed by atoms with Gasteiger partial charge in [-0.05, 0) is 12.1 Å². The summed E-state index contributed by atoms with van der Waals surface area (Å²) in [5, 5.41) is 9.86. The highest BCUT2D eigenvalue weighted by atomic mass is 32.1. The molecule has 3 N–H and O–H groups in total. The zero-order chi connectivity index (χ0) is 10.8. The predicted molar refractivity (Wildman–Crippen MR) is 55.7 cm³/mol. The molecule has 0 radical (unpaired) electrons. The molecule has 6 heteroatoms. The summed E-state index contributed by atoms with van der Waals surface area (Å²) in [7, 11) is 0. The molecule has 0 aliphatic heterocycles. The monoisotopic (exact) mass is 224 g/mol. The second-order valence-corrected chi connectivity index (χ2v) is 3.98. The van der Waals surface area contributed by atoms with Gasteiger partial charge in [-0.15, -0.1) is 11.3 Å². The fourth-order valence-corrected chi connectivity index (χ4v) is 2.02. The largest absolute Gasteiger partial charge is 0.508 e. The third-order valence-electron chi connectivity index (χ3n) is 1.75. The minimum atomic E-state index is -0.822. The average molecular weight is 224 g/mol. The summed E-state index contributed by atoms with van der Waals surface area (Å²) in [6.07, 6.45) is -0.822. The van der Waals surface area contributed by atoms with Crippen molar-refractivity contribution >= 4 is 27.6 Å². The number of primary amides is 1. The van der Waals surface area contributed by atoms with Gasteiger partial charge in [-0.3, -0.25) is 0 Å². The van der Waals surface area contributed by atoms with Crippen molar-refractivity contribution in [3.05, 3.63) is 23.2 Å². The number of hydrogen-bond donors (Lipinski definition) is 2. The lowest BCUT2D eigenvalue weighted by Crippen LogP contribution is -2.12. The van der Waals surface area contributed by atoms with Gasteiger partial charge < -0.3 is 15.6 Å². The molecule has 1 aromatic heterocycles. The Bertz CT molecular complexity index is 509. The number of aromatic nitrogens is 1. The molecule has 1 amide bonds. The molecule has 2 rings (SSSR count). The van der Waals surface area contributed by atoms with Crippen LogP contribution in [0.25, 0.3) is 10.2 Å². The summed E-state index contributed by atoms with van der Waals surface area (Å²) in [5.74, 6) is 0.162. The molecule has 0 saturated carbocycles. The van der Waals surface area contributed by atoms with Crippen LogP contribution in [0, 0.1) is 0 Å². The number of hydrogen-bond acceptors (Lipinski definition) is 5. The fourth-order valence-electron chi connectivity index (χ4n) is 1.16. The molecule has 1 aromatic carbocycles. The van der Waals surface area contributed by atoms with E-state index in [4.69, 9.17) is 5.73 Å². The molecule has 0 aliphatic carbocycles. The third-order valence-corrected chi connectivity index (χ3v) is 2.76. The molecular weight excluding hydrogens is 216 g/mol. The fraction of sp³-hybridized carbons (Fsp3) is 0.111. The SMILES string of the molecule is NC(=O)OCc1nc2cc(O)ccc2s1. The van der Waals surface area contributed by atoms with Crippen molar-refractivity contribution < 1.29 is 14.6 Å². The second-order valence-electron chi connectivity index (χ2n) is 2.87.